The maximum absolute atomic E-state index is 5.69. The van der Waals surface area contributed by atoms with Crippen LogP contribution in [0.15, 0.2) is 106 Å². The molecule has 10 heteroatoms. The van der Waals surface area contributed by atoms with Crippen LogP contribution in [0.2, 0.25) is 0 Å². The van der Waals surface area contributed by atoms with E-state index in [1.165, 1.54) is 95.9 Å². The van der Waals surface area contributed by atoms with Gasteiger partial charge in [0.05, 0.1) is 11.4 Å². The Balaban J connectivity index is 0.000000632. The Morgan fingerprint density at radius 1 is 0.300 bits per heavy atom. The quantitative estimate of drug-likeness (QED) is 0.0929. The van der Waals surface area contributed by atoms with E-state index >= 15 is 0 Å². The predicted octanol–water partition coefficient (Wildman–Crippen LogP) is 14.9. The molecule has 0 amide bonds. The summed E-state index contributed by atoms with van der Waals surface area (Å²) in [6.45, 7) is 44.1. The van der Waals surface area contributed by atoms with E-state index in [9.17, 15) is 0 Å². The van der Waals surface area contributed by atoms with Gasteiger partial charge in [-0.25, -0.2) is 9.98 Å². The molecule has 80 heavy (non-hydrogen) atoms. The van der Waals surface area contributed by atoms with E-state index in [-0.39, 0.29) is 37.7 Å². The van der Waals surface area contributed by atoms with Gasteiger partial charge in [-0.1, -0.05) is 218 Å². The Bertz CT molecular complexity index is 2240. The minimum atomic E-state index is 0. The molecular weight excluding hydrogens is 975 g/mol. The smallest absolute Gasteiger partial charge is 0.656 e. The van der Waals surface area contributed by atoms with Gasteiger partial charge in [-0.15, -0.1) is 22.8 Å². The van der Waals surface area contributed by atoms with Crippen molar-refractivity contribution in [1.82, 2.24) is 0 Å². The topological polar surface area (TPSA) is 89.8 Å². The van der Waals surface area contributed by atoms with Crippen molar-refractivity contribution in [2.24, 2.45) is 9.98 Å². The molecule has 4 aliphatic heterocycles. The van der Waals surface area contributed by atoms with Crippen molar-refractivity contribution in [2.45, 2.75) is 209 Å². The summed E-state index contributed by atoms with van der Waals surface area (Å²) in [5.74, 6) is 2.33. The van der Waals surface area contributed by atoms with Crippen molar-refractivity contribution in [2.75, 3.05) is 52.9 Å². The fourth-order valence-electron chi connectivity index (χ4n) is 10.00. The number of hydrogen-bond acceptors (Lipinski definition) is 6. The van der Waals surface area contributed by atoms with Crippen LogP contribution in [0.3, 0.4) is 0 Å². The van der Waals surface area contributed by atoms with Crippen molar-refractivity contribution in [3.05, 3.63) is 151 Å². The van der Waals surface area contributed by atoms with Gasteiger partial charge in [-0.2, -0.15) is 0 Å². The summed E-state index contributed by atoms with van der Waals surface area (Å²) in [6.07, 6.45) is 14.6. The molecule has 4 heterocycles. The van der Waals surface area contributed by atoms with Gasteiger partial charge in [0.25, 0.3) is 0 Å². The second-order valence-corrected chi connectivity index (χ2v) is 23.9. The number of rotatable bonds is 14. The van der Waals surface area contributed by atoms with Crippen molar-refractivity contribution < 1.29 is 56.7 Å². The van der Waals surface area contributed by atoms with Crippen LogP contribution in [0, 0.1) is 0 Å². The normalized spacial score (nSPS) is 16.9. The molecule has 0 radical (unpaired) electrons. The first kappa shape index (κ1) is 70.6. The van der Waals surface area contributed by atoms with Crippen LogP contribution in [0.25, 0.3) is 10.6 Å². The third kappa shape index (κ3) is 21.5. The third-order valence-electron chi connectivity index (χ3n) is 14.7. The Kier molecular flexibility index (Phi) is 32.5. The van der Waals surface area contributed by atoms with Crippen LogP contribution < -0.4 is 37.7 Å². The van der Waals surface area contributed by atoms with E-state index in [2.05, 4.69) is 196 Å². The number of para-hydroxylation sites is 4. The molecule has 1 aliphatic carbocycles. The first-order chi connectivity index (χ1) is 37.4. The average molecular weight is 1080 g/mol. The summed E-state index contributed by atoms with van der Waals surface area (Å²) in [6, 6.07) is 26.6. The molecule has 0 atom stereocenters. The summed E-state index contributed by atoms with van der Waals surface area (Å²) >= 11 is 0. The van der Waals surface area contributed by atoms with E-state index in [1.54, 1.807) is 0 Å². The molecule has 0 spiro atoms. The predicted molar refractivity (Wildman–Crippen MR) is 335 cm³/mol. The third-order valence-corrected chi connectivity index (χ3v) is 14.7. The van der Waals surface area contributed by atoms with Gasteiger partial charge in [0, 0.05) is 64.3 Å². The SMILES string of the molecule is C1CCOC1.C1CCOC1.C1CCOC1.C1CCOC1.CC(C)c1cccc(C(C)C)c1N=C1C=C([N-]c2c(C(C)C)cccc2C(C)C)C(=Nc2c(C(C)C)cccc2C(C)C)C=C1[N-]c1c(C(C)C)cccc1C(C)C.[Li+].[Li+]. The minimum absolute atomic E-state index is 0. The molecule has 4 saturated heterocycles. The van der Waals surface area contributed by atoms with Crippen LogP contribution in [0.1, 0.15) is 254 Å². The zero-order valence-corrected chi connectivity index (χ0v) is 53.4. The summed E-state index contributed by atoms with van der Waals surface area (Å²) < 4.78 is 19.8. The van der Waals surface area contributed by atoms with Crippen molar-refractivity contribution in [3.63, 3.8) is 0 Å². The Hall–Kier alpha value is -3.67. The number of aliphatic imine (C=N–C) groups is 2. The van der Waals surface area contributed by atoms with E-state index in [4.69, 9.17) is 39.6 Å². The van der Waals surface area contributed by atoms with Gasteiger partial charge in [0.2, 0.25) is 0 Å². The largest absolute Gasteiger partial charge is 1.00 e. The van der Waals surface area contributed by atoms with E-state index in [0.717, 1.165) is 98.4 Å². The maximum Gasteiger partial charge on any atom is 1.00 e. The summed E-state index contributed by atoms with van der Waals surface area (Å²) in [4.78, 5) is 11.4. The molecule has 0 bridgehead atoms. The second kappa shape index (κ2) is 36.8. The Labute approximate surface area is 511 Å². The van der Waals surface area contributed by atoms with Crippen LogP contribution in [-0.2, 0) is 18.9 Å². The molecule has 5 aliphatic rings. The van der Waals surface area contributed by atoms with Crippen LogP contribution in [0.4, 0.5) is 22.7 Å². The van der Waals surface area contributed by atoms with Crippen molar-refractivity contribution in [3.8, 4) is 0 Å². The molecule has 8 nitrogen and oxygen atoms in total. The summed E-state index contributed by atoms with van der Waals surface area (Å²) in [5, 5.41) is 11.4. The van der Waals surface area contributed by atoms with Gasteiger partial charge in [0.15, 0.2) is 0 Å². The zero-order valence-electron chi connectivity index (χ0n) is 53.4. The molecule has 9 rings (SSSR count). The molecule has 0 N–H and O–H groups in total. The van der Waals surface area contributed by atoms with Gasteiger partial charge < -0.3 is 29.6 Å². The van der Waals surface area contributed by atoms with Crippen LogP contribution >= 0.6 is 0 Å². The molecule has 428 valence electrons. The van der Waals surface area contributed by atoms with Crippen LogP contribution in [0.5, 0.6) is 0 Å². The molecule has 0 unspecified atom stereocenters. The first-order valence-electron chi connectivity index (χ1n) is 30.3. The van der Waals surface area contributed by atoms with Crippen LogP contribution in [-0.4, -0.2) is 64.3 Å². The fourth-order valence-corrected chi connectivity index (χ4v) is 10.00. The molecule has 0 aromatic heterocycles. The second-order valence-electron chi connectivity index (χ2n) is 23.9. The molecule has 4 aromatic rings. The van der Waals surface area contributed by atoms with Crippen molar-refractivity contribution in [1.29, 1.82) is 0 Å². The fraction of sp³-hybridized carbons (Fsp3) is 0.571. The van der Waals surface area contributed by atoms with Gasteiger partial charge in [0.1, 0.15) is 0 Å². The molecule has 4 fully saturated rings. The summed E-state index contributed by atoms with van der Waals surface area (Å²) in [7, 11) is 0. The average Bonchev–Trinajstić information content (AvgIpc) is 4.28. The van der Waals surface area contributed by atoms with Gasteiger partial charge >= 0.3 is 37.7 Å². The molecular formula is C70H102Li2N4O4. The molecule has 0 saturated carbocycles. The number of nitrogens with zero attached hydrogens (tertiary/aromatic N) is 4. The monoisotopic (exact) mass is 1080 g/mol. The number of hydrogen-bond donors (Lipinski definition) is 0. The molecule has 4 aromatic carbocycles. The zero-order chi connectivity index (χ0) is 56.7. The van der Waals surface area contributed by atoms with Gasteiger partial charge in [-0.3, -0.25) is 0 Å². The number of benzene rings is 4. The number of allylic oxidation sites excluding steroid dienone is 2. The minimum Gasteiger partial charge on any atom is -0.656 e. The Morgan fingerprint density at radius 2 is 0.487 bits per heavy atom. The Morgan fingerprint density at radius 3 is 0.650 bits per heavy atom. The summed E-state index contributed by atoms with van der Waals surface area (Å²) in [5.41, 5.74) is 17.2. The van der Waals surface area contributed by atoms with E-state index < -0.39 is 0 Å². The van der Waals surface area contributed by atoms with Gasteiger partial charge in [-0.05, 0) is 121 Å². The first-order valence-corrected chi connectivity index (χ1v) is 30.3. The van der Waals surface area contributed by atoms with E-state index in [1.807, 2.05) is 0 Å². The number of ether oxygens (including phenoxy) is 4. The van der Waals surface area contributed by atoms with E-state index in [0.29, 0.717) is 47.3 Å². The maximum atomic E-state index is 5.69. The van der Waals surface area contributed by atoms with Crippen molar-refractivity contribution >= 4 is 34.2 Å². The standard InChI is InChI=1S/C54H70N4.4C4H8O.2Li/c1-31(2)39-21-17-22-40(32(3)4)51(39)55-47-29-49(57-53-43(35(9)10)25-19-26-44(53)36(11)12)50(58-54-45(37(13)14)27-20-28-46(54)38(15)16)30-48(47)56-52-41(33(5)6)23-18-24-42(52)34(7)8;4*1-2-4-5-3-1;;/h17-38H,1-16H3;4*1-4H2;;/q-2;;;;;2*+1.